The van der Waals surface area contributed by atoms with Gasteiger partial charge in [0.2, 0.25) is 0 Å². The number of thiophene rings is 1. The van der Waals surface area contributed by atoms with Crippen LogP contribution >= 0.6 is 11.3 Å². The zero-order chi connectivity index (χ0) is 16.8. The van der Waals surface area contributed by atoms with Gasteiger partial charge in [0.15, 0.2) is 6.61 Å². The maximum atomic E-state index is 11.9. The number of allylic oxidation sites excluding steroid dienone is 1. The molecule has 1 N–H and O–H groups in total. The van der Waals surface area contributed by atoms with Crippen molar-refractivity contribution in [3.05, 3.63) is 28.2 Å². The lowest BCUT2D eigenvalue weighted by Crippen LogP contribution is -2.20. The summed E-state index contributed by atoms with van der Waals surface area (Å²) in [6, 6.07) is 2.19. The second-order valence-electron chi connectivity index (χ2n) is 5.63. The molecule has 0 fully saturated rings. The summed E-state index contributed by atoms with van der Waals surface area (Å²) in [6.45, 7) is 3.74. The first-order chi connectivity index (χ1) is 11.0. The van der Waals surface area contributed by atoms with Crippen LogP contribution in [-0.4, -0.2) is 18.5 Å². The van der Waals surface area contributed by atoms with Crippen LogP contribution in [-0.2, 0) is 27.2 Å². The van der Waals surface area contributed by atoms with Crippen LogP contribution in [0.25, 0.3) is 0 Å². The van der Waals surface area contributed by atoms with Crippen molar-refractivity contribution < 1.29 is 14.3 Å². The van der Waals surface area contributed by atoms with Crippen LogP contribution in [0.1, 0.15) is 42.7 Å². The van der Waals surface area contributed by atoms with Gasteiger partial charge in [-0.15, -0.1) is 11.3 Å². The topological polar surface area (TPSA) is 79.2 Å². The minimum Gasteiger partial charge on any atom is -0.452 e. The summed E-state index contributed by atoms with van der Waals surface area (Å²) in [5.41, 5.74) is 1.62. The highest BCUT2D eigenvalue weighted by atomic mass is 32.1. The molecule has 1 atom stereocenters. The lowest BCUT2D eigenvalue weighted by atomic mass is 9.89. The zero-order valence-corrected chi connectivity index (χ0v) is 14.2. The van der Waals surface area contributed by atoms with E-state index < -0.39 is 11.9 Å². The fourth-order valence-corrected chi connectivity index (χ4v) is 3.90. The molecule has 2 rings (SSSR count). The van der Waals surface area contributed by atoms with E-state index in [2.05, 4.69) is 18.3 Å². The number of rotatable bonds is 5. The van der Waals surface area contributed by atoms with E-state index in [1.807, 2.05) is 6.92 Å². The van der Waals surface area contributed by atoms with Crippen molar-refractivity contribution in [2.45, 2.75) is 39.5 Å². The third-order valence-electron chi connectivity index (χ3n) is 3.71. The number of nitriles is 1. The molecule has 23 heavy (non-hydrogen) atoms. The number of ether oxygens (including phenoxy) is 1. The highest BCUT2D eigenvalue weighted by Gasteiger charge is 2.24. The molecule has 1 aromatic heterocycles. The van der Waals surface area contributed by atoms with Gasteiger partial charge < -0.3 is 10.1 Å². The van der Waals surface area contributed by atoms with E-state index >= 15 is 0 Å². The van der Waals surface area contributed by atoms with Gasteiger partial charge in [-0.2, -0.15) is 5.26 Å². The van der Waals surface area contributed by atoms with Crippen LogP contribution in [0.4, 0.5) is 5.00 Å². The summed E-state index contributed by atoms with van der Waals surface area (Å²) in [7, 11) is 0. The number of amides is 1. The molecule has 0 radical (unpaired) electrons. The lowest BCUT2D eigenvalue weighted by molar-refractivity contribution is -0.142. The number of hydrogen-bond donors (Lipinski definition) is 1. The van der Waals surface area contributed by atoms with Crippen LogP contribution in [0.5, 0.6) is 0 Å². The predicted molar refractivity (Wildman–Crippen MR) is 89.2 cm³/mol. The Hall–Kier alpha value is -2.13. The number of carbonyl (C=O) groups excluding carboxylic acids is 2. The Bertz CT molecular complexity index is 670. The average molecular weight is 332 g/mol. The van der Waals surface area contributed by atoms with Gasteiger partial charge in [-0.05, 0) is 37.2 Å². The fourth-order valence-electron chi connectivity index (χ4n) is 2.52. The maximum absolute atomic E-state index is 11.9. The molecule has 1 amide bonds. The minimum atomic E-state index is -0.540. The van der Waals surface area contributed by atoms with E-state index in [0.29, 0.717) is 16.5 Å². The van der Waals surface area contributed by atoms with Crippen molar-refractivity contribution in [2.75, 3.05) is 11.9 Å². The smallest absolute Gasteiger partial charge is 0.330 e. The number of nitrogens with one attached hydrogen (secondary N) is 1. The Morgan fingerprint density at radius 1 is 1.52 bits per heavy atom. The van der Waals surface area contributed by atoms with Crippen LogP contribution in [0.2, 0.25) is 0 Å². The normalized spacial score (nSPS) is 16.7. The number of esters is 1. The standard InChI is InChI=1S/C17H20N2O3S/c1-3-4-5-16(21)22-10-15(20)19-17-13(9-18)12-7-6-11(2)8-14(12)23-17/h4-5,11H,3,6-8,10H2,1-2H3,(H,19,20)/b5-4+/t11-/m1/s1. The van der Waals surface area contributed by atoms with E-state index in [0.717, 1.165) is 31.2 Å². The summed E-state index contributed by atoms with van der Waals surface area (Å²) in [5.74, 6) is -0.365. The van der Waals surface area contributed by atoms with E-state index in [9.17, 15) is 14.9 Å². The maximum Gasteiger partial charge on any atom is 0.330 e. The van der Waals surface area contributed by atoms with Crippen molar-refractivity contribution in [3.8, 4) is 6.07 Å². The monoisotopic (exact) mass is 332 g/mol. The van der Waals surface area contributed by atoms with Crippen molar-refractivity contribution in [3.63, 3.8) is 0 Å². The summed E-state index contributed by atoms with van der Waals surface area (Å²) in [5, 5.41) is 12.6. The van der Waals surface area contributed by atoms with Gasteiger partial charge in [0.05, 0.1) is 5.56 Å². The largest absolute Gasteiger partial charge is 0.452 e. The first kappa shape index (κ1) is 17.2. The number of fused-ring (bicyclic) bond motifs is 1. The Balaban J connectivity index is 2.00. The fraction of sp³-hybridized carbons (Fsp3) is 0.471. The Morgan fingerprint density at radius 2 is 2.30 bits per heavy atom. The molecule has 0 aromatic carbocycles. The zero-order valence-electron chi connectivity index (χ0n) is 13.3. The highest BCUT2D eigenvalue weighted by molar-refractivity contribution is 7.16. The molecule has 122 valence electrons. The summed E-state index contributed by atoms with van der Waals surface area (Å²) in [4.78, 5) is 24.4. The molecule has 0 unspecified atom stereocenters. The van der Waals surface area contributed by atoms with Crippen molar-refractivity contribution in [1.82, 2.24) is 0 Å². The lowest BCUT2D eigenvalue weighted by Gasteiger charge is -2.17. The molecule has 0 aliphatic heterocycles. The van der Waals surface area contributed by atoms with Gasteiger partial charge in [0.25, 0.3) is 5.91 Å². The van der Waals surface area contributed by atoms with Crippen LogP contribution in [0.15, 0.2) is 12.2 Å². The van der Waals surface area contributed by atoms with E-state index in [1.54, 1.807) is 6.08 Å². The van der Waals surface area contributed by atoms with E-state index in [1.165, 1.54) is 22.3 Å². The van der Waals surface area contributed by atoms with Gasteiger partial charge in [-0.3, -0.25) is 4.79 Å². The molecule has 0 spiro atoms. The van der Waals surface area contributed by atoms with E-state index in [4.69, 9.17) is 4.74 Å². The molecule has 0 saturated heterocycles. The third-order valence-corrected chi connectivity index (χ3v) is 4.88. The number of nitrogens with zero attached hydrogens (tertiary/aromatic N) is 1. The van der Waals surface area contributed by atoms with E-state index in [-0.39, 0.29) is 6.61 Å². The highest BCUT2D eigenvalue weighted by Crippen LogP contribution is 2.39. The molecule has 1 aliphatic carbocycles. The summed E-state index contributed by atoms with van der Waals surface area (Å²) >= 11 is 1.46. The van der Waals surface area contributed by atoms with Gasteiger partial charge in [0, 0.05) is 11.0 Å². The number of carbonyl (C=O) groups is 2. The number of hydrogen-bond acceptors (Lipinski definition) is 5. The molecular weight excluding hydrogens is 312 g/mol. The summed E-state index contributed by atoms with van der Waals surface area (Å²) < 4.78 is 4.85. The van der Waals surface area contributed by atoms with Crippen LogP contribution < -0.4 is 5.32 Å². The molecule has 6 heteroatoms. The molecule has 0 bridgehead atoms. The molecular formula is C17H20N2O3S. The van der Waals surface area contributed by atoms with Crippen molar-refractivity contribution in [2.24, 2.45) is 5.92 Å². The molecule has 5 nitrogen and oxygen atoms in total. The molecule has 1 aliphatic rings. The molecule has 1 aromatic rings. The van der Waals surface area contributed by atoms with Gasteiger partial charge in [0.1, 0.15) is 11.1 Å². The first-order valence-electron chi connectivity index (χ1n) is 7.72. The average Bonchev–Trinajstić information content (AvgIpc) is 2.86. The predicted octanol–water partition coefficient (Wildman–Crippen LogP) is 3.19. The van der Waals surface area contributed by atoms with Crippen molar-refractivity contribution >= 4 is 28.2 Å². The molecule has 1 heterocycles. The second-order valence-corrected chi connectivity index (χ2v) is 6.74. The first-order valence-corrected chi connectivity index (χ1v) is 8.54. The Kier molecular flexibility index (Phi) is 5.94. The quantitative estimate of drug-likeness (QED) is 0.663. The Morgan fingerprint density at radius 3 is 3.00 bits per heavy atom. The van der Waals surface area contributed by atoms with Gasteiger partial charge in [-0.1, -0.05) is 19.9 Å². The van der Waals surface area contributed by atoms with Crippen molar-refractivity contribution in [1.29, 1.82) is 5.26 Å². The summed E-state index contributed by atoms with van der Waals surface area (Å²) in [6.07, 6.45) is 6.59. The van der Waals surface area contributed by atoms with Gasteiger partial charge in [-0.25, -0.2) is 4.79 Å². The number of anilines is 1. The third kappa shape index (κ3) is 4.42. The van der Waals surface area contributed by atoms with Crippen LogP contribution in [0, 0.1) is 17.2 Å². The van der Waals surface area contributed by atoms with Crippen LogP contribution in [0.3, 0.4) is 0 Å². The van der Waals surface area contributed by atoms with Gasteiger partial charge >= 0.3 is 5.97 Å². The molecule has 0 saturated carbocycles. The second kappa shape index (κ2) is 7.93. The Labute approximate surface area is 139 Å². The SMILES string of the molecule is CC/C=C/C(=O)OCC(=O)Nc1sc2c(c1C#N)CC[C@@H](C)C2. The minimum absolute atomic E-state index is 0.350.